The third kappa shape index (κ3) is 2.61. The topological polar surface area (TPSA) is 44.5 Å². The maximum Gasteiger partial charge on any atom is 0.416 e. The van der Waals surface area contributed by atoms with Crippen molar-refractivity contribution in [1.82, 2.24) is 0 Å². The minimum absolute atomic E-state index is 0.0708. The molecule has 0 aromatic heterocycles. The van der Waals surface area contributed by atoms with Gasteiger partial charge in [0.1, 0.15) is 13.2 Å². The van der Waals surface area contributed by atoms with Crippen LogP contribution < -0.4 is 15.2 Å². The summed E-state index contributed by atoms with van der Waals surface area (Å²) in [7, 11) is 0. The average Bonchev–Trinajstić information content (AvgIpc) is 2.45. The molecule has 0 bridgehead atoms. The van der Waals surface area contributed by atoms with E-state index in [1.807, 2.05) is 0 Å². The summed E-state index contributed by atoms with van der Waals surface area (Å²) in [5.74, 6) is 1.19. The molecule has 2 aromatic rings. The van der Waals surface area contributed by atoms with Gasteiger partial charge in [0.05, 0.1) is 5.56 Å². The fraction of sp³-hybridized carbons (Fsp3) is 0.200. The van der Waals surface area contributed by atoms with E-state index in [1.54, 1.807) is 18.2 Å². The Labute approximate surface area is 119 Å². The third-order valence-corrected chi connectivity index (χ3v) is 3.23. The van der Waals surface area contributed by atoms with Gasteiger partial charge in [0.2, 0.25) is 0 Å². The Bertz CT molecular complexity index is 683. The quantitative estimate of drug-likeness (QED) is 0.815. The van der Waals surface area contributed by atoms with E-state index in [0.717, 1.165) is 12.1 Å². The van der Waals surface area contributed by atoms with Crippen molar-refractivity contribution in [1.29, 1.82) is 0 Å². The number of benzene rings is 2. The summed E-state index contributed by atoms with van der Waals surface area (Å²) >= 11 is 0. The number of hydrogen-bond acceptors (Lipinski definition) is 3. The van der Waals surface area contributed by atoms with Crippen LogP contribution in [-0.2, 0) is 6.18 Å². The molecule has 3 rings (SSSR count). The van der Waals surface area contributed by atoms with Gasteiger partial charge in [-0.25, -0.2) is 0 Å². The monoisotopic (exact) mass is 295 g/mol. The van der Waals surface area contributed by atoms with Gasteiger partial charge in [-0.15, -0.1) is 0 Å². The molecule has 3 nitrogen and oxygen atoms in total. The Hall–Kier alpha value is -2.37. The summed E-state index contributed by atoms with van der Waals surface area (Å²) in [6.07, 6.45) is -4.40. The van der Waals surface area contributed by atoms with Crippen molar-refractivity contribution in [3.05, 3.63) is 42.0 Å². The predicted octanol–water partition coefficient (Wildman–Crippen LogP) is 3.73. The number of nitrogens with two attached hydrogens (primary N) is 1. The van der Waals surface area contributed by atoms with Gasteiger partial charge in [0.25, 0.3) is 0 Å². The molecule has 0 saturated heterocycles. The summed E-state index contributed by atoms with van der Waals surface area (Å²) in [5.41, 5.74) is 6.28. The highest BCUT2D eigenvalue weighted by molar-refractivity contribution is 5.78. The number of hydrogen-bond donors (Lipinski definition) is 1. The number of halogens is 3. The van der Waals surface area contributed by atoms with E-state index in [0.29, 0.717) is 35.8 Å². The Kier molecular flexibility index (Phi) is 3.16. The number of alkyl halides is 3. The Morgan fingerprint density at radius 2 is 1.62 bits per heavy atom. The van der Waals surface area contributed by atoms with Crippen molar-refractivity contribution < 1.29 is 22.6 Å². The normalized spacial score (nSPS) is 14.0. The molecule has 0 aliphatic carbocycles. The van der Waals surface area contributed by atoms with Crippen molar-refractivity contribution in [2.45, 2.75) is 6.18 Å². The first-order valence-electron chi connectivity index (χ1n) is 6.32. The van der Waals surface area contributed by atoms with Crippen molar-refractivity contribution in [2.75, 3.05) is 18.9 Å². The van der Waals surface area contributed by atoms with Gasteiger partial charge >= 0.3 is 6.18 Å². The Balaban J connectivity index is 2.01. The highest BCUT2D eigenvalue weighted by Gasteiger charge is 2.30. The first kappa shape index (κ1) is 13.6. The van der Waals surface area contributed by atoms with Crippen LogP contribution in [0.3, 0.4) is 0 Å². The SMILES string of the molecule is Nc1cc(C(F)(F)F)ccc1-c1ccc2c(c1)OCCO2. The molecule has 1 aliphatic rings. The number of fused-ring (bicyclic) bond motifs is 1. The van der Waals surface area contributed by atoms with Crippen molar-refractivity contribution >= 4 is 5.69 Å². The van der Waals surface area contributed by atoms with Crippen molar-refractivity contribution in [3.63, 3.8) is 0 Å². The lowest BCUT2D eigenvalue weighted by Gasteiger charge is -2.19. The zero-order chi connectivity index (χ0) is 15.0. The molecule has 0 radical (unpaired) electrons. The van der Waals surface area contributed by atoms with E-state index in [1.165, 1.54) is 6.07 Å². The van der Waals surface area contributed by atoms with Gasteiger partial charge < -0.3 is 15.2 Å². The second-order valence-corrected chi connectivity index (χ2v) is 4.66. The summed E-state index contributed by atoms with van der Waals surface area (Å²) in [5, 5.41) is 0. The second-order valence-electron chi connectivity index (χ2n) is 4.66. The predicted molar refractivity (Wildman–Crippen MR) is 72.3 cm³/mol. The van der Waals surface area contributed by atoms with E-state index in [2.05, 4.69) is 0 Å². The van der Waals surface area contributed by atoms with E-state index in [4.69, 9.17) is 15.2 Å². The molecule has 1 heterocycles. The Morgan fingerprint density at radius 1 is 0.905 bits per heavy atom. The van der Waals surface area contributed by atoms with Gasteiger partial charge in [-0.05, 0) is 29.8 Å². The molecule has 0 spiro atoms. The van der Waals surface area contributed by atoms with Gasteiger partial charge in [0.15, 0.2) is 11.5 Å². The molecule has 6 heteroatoms. The van der Waals surface area contributed by atoms with Crippen LogP contribution in [0.1, 0.15) is 5.56 Å². The lowest BCUT2D eigenvalue weighted by molar-refractivity contribution is -0.137. The minimum Gasteiger partial charge on any atom is -0.486 e. The third-order valence-electron chi connectivity index (χ3n) is 3.23. The summed E-state index contributed by atoms with van der Waals surface area (Å²) in [4.78, 5) is 0. The second kappa shape index (κ2) is 4.87. The zero-order valence-electron chi connectivity index (χ0n) is 10.9. The van der Waals surface area contributed by atoms with Gasteiger partial charge in [0, 0.05) is 11.3 Å². The molecule has 2 N–H and O–H groups in total. The fourth-order valence-electron chi connectivity index (χ4n) is 2.21. The average molecular weight is 295 g/mol. The van der Waals surface area contributed by atoms with Crippen LogP contribution in [0.15, 0.2) is 36.4 Å². The minimum atomic E-state index is -4.40. The number of nitrogen functional groups attached to an aromatic ring is 1. The highest BCUT2D eigenvalue weighted by Crippen LogP contribution is 2.38. The van der Waals surface area contributed by atoms with Gasteiger partial charge in [-0.1, -0.05) is 12.1 Å². The van der Waals surface area contributed by atoms with E-state index < -0.39 is 11.7 Å². The maximum absolute atomic E-state index is 12.6. The molecule has 0 amide bonds. The maximum atomic E-state index is 12.6. The van der Waals surface area contributed by atoms with Crippen LogP contribution in [0.5, 0.6) is 11.5 Å². The van der Waals surface area contributed by atoms with E-state index in [9.17, 15) is 13.2 Å². The van der Waals surface area contributed by atoms with Crippen molar-refractivity contribution in [3.8, 4) is 22.6 Å². The molecule has 2 aromatic carbocycles. The summed E-state index contributed by atoms with van der Waals surface area (Å²) < 4.78 is 48.8. The van der Waals surface area contributed by atoms with Crippen molar-refractivity contribution in [2.24, 2.45) is 0 Å². The van der Waals surface area contributed by atoms with Crippen LogP contribution in [0, 0.1) is 0 Å². The van der Waals surface area contributed by atoms with E-state index >= 15 is 0 Å². The van der Waals surface area contributed by atoms with Crippen LogP contribution in [0.2, 0.25) is 0 Å². The van der Waals surface area contributed by atoms with Crippen LogP contribution in [0.4, 0.5) is 18.9 Å². The molecule has 0 atom stereocenters. The number of rotatable bonds is 1. The first-order valence-corrected chi connectivity index (χ1v) is 6.32. The smallest absolute Gasteiger partial charge is 0.416 e. The highest BCUT2D eigenvalue weighted by atomic mass is 19.4. The lowest BCUT2D eigenvalue weighted by Crippen LogP contribution is -2.15. The molecule has 0 fully saturated rings. The zero-order valence-corrected chi connectivity index (χ0v) is 10.9. The van der Waals surface area contributed by atoms with Gasteiger partial charge in [-0.3, -0.25) is 0 Å². The Morgan fingerprint density at radius 3 is 2.29 bits per heavy atom. The summed E-state index contributed by atoms with van der Waals surface area (Å²) in [6.45, 7) is 0.924. The molecule has 110 valence electrons. The molecule has 21 heavy (non-hydrogen) atoms. The largest absolute Gasteiger partial charge is 0.486 e. The summed E-state index contributed by atoms with van der Waals surface area (Å²) in [6, 6.07) is 8.50. The molecular formula is C15H12F3NO2. The molecular weight excluding hydrogens is 283 g/mol. The molecule has 1 aliphatic heterocycles. The molecule has 0 saturated carbocycles. The fourth-order valence-corrected chi connectivity index (χ4v) is 2.21. The number of ether oxygens (including phenoxy) is 2. The lowest BCUT2D eigenvalue weighted by atomic mass is 10.0. The van der Waals surface area contributed by atoms with Gasteiger partial charge in [-0.2, -0.15) is 13.2 Å². The van der Waals surface area contributed by atoms with E-state index in [-0.39, 0.29) is 5.69 Å². The number of anilines is 1. The van der Waals surface area contributed by atoms with Crippen LogP contribution in [0.25, 0.3) is 11.1 Å². The van der Waals surface area contributed by atoms with Crippen LogP contribution >= 0.6 is 0 Å². The molecule has 0 unspecified atom stereocenters. The van der Waals surface area contributed by atoms with Crippen LogP contribution in [-0.4, -0.2) is 13.2 Å². The standard InChI is InChI=1S/C15H12F3NO2/c16-15(17,18)10-2-3-11(12(19)8-10)9-1-4-13-14(7-9)21-6-5-20-13/h1-4,7-8H,5-6,19H2. The first-order chi connectivity index (χ1) is 9.95.